The van der Waals surface area contributed by atoms with Gasteiger partial charge < -0.3 is 25.7 Å². The summed E-state index contributed by atoms with van der Waals surface area (Å²) in [6.07, 6.45) is 1.86. The van der Waals surface area contributed by atoms with Gasteiger partial charge in [-0.1, -0.05) is 0 Å². The van der Waals surface area contributed by atoms with E-state index in [-0.39, 0.29) is 17.3 Å². The van der Waals surface area contributed by atoms with Crippen LogP contribution in [-0.2, 0) is 0 Å². The topological polar surface area (TPSA) is 102 Å². The van der Waals surface area contributed by atoms with Crippen molar-refractivity contribution in [1.29, 1.82) is 0 Å². The molecule has 1 rings (SSSR count). The van der Waals surface area contributed by atoms with Gasteiger partial charge in [-0.15, -0.1) is 0 Å². The van der Waals surface area contributed by atoms with E-state index in [0.717, 1.165) is 19.4 Å². The van der Waals surface area contributed by atoms with Crippen LogP contribution in [0.15, 0.2) is 18.2 Å². The first-order valence-electron chi connectivity index (χ1n) is 6.66. The summed E-state index contributed by atoms with van der Waals surface area (Å²) in [5.74, 6) is -1.60. The molecule has 0 saturated carbocycles. The van der Waals surface area contributed by atoms with Crippen LogP contribution < -0.4 is 10.6 Å². The zero-order chi connectivity index (χ0) is 15.8. The number of aromatic hydroxyl groups is 1. The first kappa shape index (κ1) is 16.8. The Balaban J connectivity index is 2.38. The van der Waals surface area contributed by atoms with Crippen molar-refractivity contribution in [2.24, 2.45) is 0 Å². The van der Waals surface area contributed by atoms with Gasteiger partial charge in [0.2, 0.25) is 0 Å². The number of carboxylic acids is 1. The first-order chi connectivity index (χ1) is 9.90. The first-order valence-corrected chi connectivity index (χ1v) is 6.66. The van der Waals surface area contributed by atoms with Gasteiger partial charge in [0, 0.05) is 18.3 Å². The number of benzene rings is 1. The molecule has 0 aliphatic rings. The minimum Gasteiger partial charge on any atom is -0.507 e. The van der Waals surface area contributed by atoms with Gasteiger partial charge in [0.15, 0.2) is 0 Å². The molecule has 0 bridgehead atoms. The van der Waals surface area contributed by atoms with E-state index in [0.29, 0.717) is 12.2 Å². The Morgan fingerprint density at radius 1 is 1.24 bits per heavy atom. The summed E-state index contributed by atoms with van der Waals surface area (Å²) in [6, 6.07) is 3.48. The van der Waals surface area contributed by atoms with E-state index in [1.165, 1.54) is 18.2 Å². The van der Waals surface area contributed by atoms with Crippen molar-refractivity contribution in [3.05, 3.63) is 23.8 Å². The zero-order valence-electron chi connectivity index (χ0n) is 12.2. The number of amides is 2. The van der Waals surface area contributed by atoms with E-state index >= 15 is 0 Å². The van der Waals surface area contributed by atoms with E-state index < -0.39 is 5.97 Å². The number of carbonyl (C=O) groups excluding carboxylic acids is 1. The van der Waals surface area contributed by atoms with E-state index in [2.05, 4.69) is 15.5 Å². The van der Waals surface area contributed by atoms with E-state index in [1.54, 1.807) is 0 Å². The molecule has 21 heavy (non-hydrogen) atoms. The Hall–Kier alpha value is -2.28. The quantitative estimate of drug-likeness (QED) is 0.572. The summed E-state index contributed by atoms with van der Waals surface area (Å²) in [6.45, 7) is 1.52. The maximum Gasteiger partial charge on any atom is 0.339 e. The Kier molecular flexibility index (Phi) is 6.48. The lowest BCUT2D eigenvalue weighted by Crippen LogP contribution is -2.29. The number of nitrogens with one attached hydrogen (secondary N) is 2. The van der Waals surface area contributed by atoms with E-state index in [1.807, 2.05) is 14.1 Å². The molecule has 0 aliphatic carbocycles. The molecule has 0 aliphatic heterocycles. The average Bonchev–Trinajstić information content (AvgIpc) is 2.37. The van der Waals surface area contributed by atoms with E-state index in [4.69, 9.17) is 5.11 Å². The molecule has 1 aromatic carbocycles. The van der Waals surface area contributed by atoms with Crippen LogP contribution in [0.5, 0.6) is 5.75 Å². The third-order valence-electron chi connectivity index (χ3n) is 2.80. The minimum atomic E-state index is -1.22. The number of nitrogens with zero attached hydrogens (tertiary/aromatic N) is 1. The third kappa shape index (κ3) is 6.13. The van der Waals surface area contributed by atoms with Crippen LogP contribution in [0.2, 0.25) is 0 Å². The Morgan fingerprint density at radius 3 is 2.52 bits per heavy atom. The van der Waals surface area contributed by atoms with Gasteiger partial charge in [-0.25, -0.2) is 9.59 Å². The molecule has 0 unspecified atom stereocenters. The van der Waals surface area contributed by atoms with Crippen molar-refractivity contribution in [2.75, 3.05) is 32.5 Å². The minimum absolute atomic E-state index is 0.204. The van der Waals surface area contributed by atoms with Gasteiger partial charge in [-0.3, -0.25) is 0 Å². The van der Waals surface area contributed by atoms with Crippen molar-refractivity contribution in [3.63, 3.8) is 0 Å². The molecule has 0 aromatic heterocycles. The van der Waals surface area contributed by atoms with Gasteiger partial charge in [0.25, 0.3) is 0 Å². The molecule has 7 nitrogen and oxygen atoms in total. The van der Waals surface area contributed by atoms with Crippen LogP contribution in [0.25, 0.3) is 0 Å². The van der Waals surface area contributed by atoms with Crippen molar-refractivity contribution in [3.8, 4) is 5.75 Å². The maximum absolute atomic E-state index is 11.6. The average molecular weight is 295 g/mol. The van der Waals surface area contributed by atoms with Crippen LogP contribution in [0.4, 0.5) is 10.5 Å². The van der Waals surface area contributed by atoms with Crippen molar-refractivity contribution >= 4 is 17.7 Å². The number of urea groups is 1. The van der Waals surface area contributed by atoms with Crippen LogP contribution >= 0.6 is 0 Å². The predicted molar refractivity (Wildman–Crippen MR) is 79.9 cm³/mol. The van der Waals surface area contributed by atoms with Crippen LogP contribution in [0.1, 0.15) is 23.2 Å². The fourth-order valence-corrected chi connectivity index (χ4v) is 1.72. The summed E-state index contributed by atoms with van der Waals surface area (Å²) in [4.78, 5) is 24.4. The number of unbranched alkanes of at least 4 members (excludes halogenated alkanes) is 1. The van der Waals surface area contributed by atoms with Crippen molar-refractivity contribution in [2.45, 2.75) is 12.8 Å². The molecule has 1 aromatic rings. The smallest absolute Gasteiger partial charge is 0.339 e. The number of hydrogen-bond donors (Lipinski definition) is 4. The van der Waals surface area contributed by atoms with Crippen LogP contribution in [0, 0.1) is 0 Å². The normalized spacial score (nSPS) is 10.4. The Labute approximate surface area is 123 Å². The summed E-state index contributed by atoms with van der Waals surface area (Å²) < 4.78 is 0. The molecular formula is C14H21N3O4. The summed E-state index contributed by atoms with van der Waals surface area (Å²) >= 11 is 0. The molecule has 7 heteroatoms. The SMILES string of the molecule is CN(C)CCCCNC(=O)Nc1ccc(C(=O)O)c(O)c1. The van der Waals surface area contributed by atoms with Crippen LogP contribution in [-0.4, -0.2) is 54.3 Å². The van der Waals surface area contributed by atoms with Gasteiger partial charge >= 0.3 is 12.0 Å². The van der Waals surface area contributed by atoms with E-state index in [9.17, 15) is 14.7 Å². The van der Waals surface area contributed by atoms with Gasteiger partial charge in [0.1, 0.15) is 11.3 Å². The Bertz CT molecular complexity index is 503. The van der Waals surface area contributed by atoms with Gasteiger partial charge in [-0.05, 0) is 45.6 Å². The summed E-state index contributed by atoms with van der Waals surface area (Å²) in [5, 5.41) is 23.5. The molecule has 116 valence electrons. The molecule has 0 heterocycles. The molecular weight excluding hydrogens is 274 g/mol. The summed E-state index contributed by atoms with van der Waals surface area (Å²) in [7, 11) is 3.99. The maximum atomic E-state index is 11.6. The van der Waals surface area contributed by atoms with Gasteiger partial charge in [0.05, 0.1) is 0 Å². The zero-order valence-corrected chi connectivity index (χ0v) is 12.2. The highest BCUT2D eigenvalue weighted by molar-refractivity contribution is 5.93. The number of aromatic carboxylic acids is 1. The van der Waals surface area contributed by atoms with Crippen LogP contribution in [0.3, 0.4) is 0 Å². The second-order valence-corrected chi connectivity index (χ2v) is 4.93. The lowest BCUT2D eigenvalue weighted by Gasteiger charge is -2.10. The van der Waals surface area contributed by atoms with Crippen molar-refractivity contribution in [1.82, 2.24) is 10.2 Å². The molecule has 4 N–H and O–H groups in total. The number of carboxylic acid groups (broad SMARTS) is 1. The highest BCUT2D eigenvalue weighted by Crippen LogP contribution is 2.21. The molecule has 0 saturated heterocycles. The highest BCUT2D eigenvalue weighted by Gasteiger charge is 2.10. The molecule has 0 fully saturated rings. The highest BCUT2D eigenvalue weighted by atomic mass is 16.4. The number of anilines is 1. The molecule has 0 radical (unpaired) electrons. The summed E-state index contributed by atoms with van der Waals surface area (Å²) in [5.41, 5.74) is 0.132. The molecule has 0 spiro atoms. The lowest BCUT2D eigenvalue weighted by molar-refractivity contribution is 0.0694. The molecule has 2 amide bonds. The largest absolute Gasteiger partial charge is 0.507 e. The number of hydrogen-bond acceptors (Lipinski definition) is 4. The monoisotopic (exact) mass is 295 g/mol. The Morgan fingerprint density at radius 2 is 1.95 bits per heavy atom. The number of carbonyl (C=O) groups is 2. The fourth-order valence-electron chi connectivity index (χ4n) is 1.72. The second kappa shape index (κ2) is 8.11. The fraction of sp³-hybridized carbons (Fsp3) is 0.429. The number of rotatable bonds is 7. The van der Waals surface area contributed by atoms with Gasteiger partial charge in [-0.2, -0.15) is 0 Å². The van der Waals surface area contributed by atoms with Crippen molar-refractivity contribution < 1.29 is 19.8 Å². The number of phenols is 1. The predicted octanol–water partition coefficient (Wildman–Crippen LogP) is 1.55. The molecule has 0 atom stereocenters. The lowest BCUT2D eigenvalue weighted by atomic mass is 10.2. The third-order valence-corrected chi connectivity index (χ3v) is 2.80. The standard InChI is InChI=1S/C14H21N3O4/c1-17(2)8-4-3-7-15-14(21)16-10-5-6-11(13(19)20)12(18)9-10/h5-6,9,18H,3-4,7-8H2,1-2H3,(H,19,20)(H2,15,16,21). The second-order valence-electron chi connectivity index (χ2n) is 4.93.